The van der Waals surface area contributed by atoms with Crippen LogP contribution in [0.15, 0.2) is 0 Å². The molecule has 3 aliphatic heterocycles. The fourth-order valence-corrected chi connectivity index (χ4v) is 4.27. The topological polar surface area (TPSA) is 44.4 Å². The van der Waals surface area contributed by atoms with Gasteiger partial charge in [0.1, 0.15) is 0 Å². The predicted octanol–water partition coefficient (Wildman–Crippen LogP) is 1.37. The molecule has 0 saturated carbocycles. The van der Waals surface area contributed by atoms with E-state index in [2.05, 4.69) is 15.5 Å². The van der Waals surface area contributed by atoms with Gasteiger partial charge >= 0.3 is 0 Å². The molecule has 3 atom stereocenters. The van der Waals surface area contributed by atoms with Crippen LogP contribution in [0.5, 0.6) is 0 Å². The number of piperidine rings is 3. The number of amides is 1. The van der Waals surface area contributed by atoms with Crippen molar-refractivity contribution in [2.75, 3.05) is 32.7 Å². The fourth-order valence-electron chi connectivity index (χ4n) is 4.27. The number of hydrogen-bond donors (Lipinski definition) is 2. The monoisotopic (exact) mass is 279 g/mol. The lowest BCUT2D eigenvalue weighted by molar-refractivity contribution is -0.125. The number of hydrogen-bond acceptors (Lipinski definition) is 3. The fraction of sp³-hybridized carbons (Fsp3) is 0.938. The Labute approximate surface area is 122 Å². The Morgan fingerprint density at radius 3 is 2.85 bits per heavy atom. The smallest absolute Gasteiger partial charge is 0.224 e. The molecule has 0 spiro atoms. The molecule has 20 heavy (non-hydrogen) atoms. The van der Waals surface area contributed by atoms with Gasteiger partial charge in [-0.1, -0.05) is 6.42 Å². The molecule has 3 saturated heterocycles. The Balaban J connectivity index is 1.48. The largest absolute Gasteiger partial charge is 0.355 e. The molecule has 0 aromatic rings. The van der Waals surface area contributed by atoms with Crippen molar-refractivity contribution >= 4 is 5.91 Å². The predicted molar refractivity (Wildman–Crippen MR) is 80.5 cm³/mol. The van der Waals surface area contributed by atoms with E-state index >= 15 is 0 Å². The van der Waals surface area contributed by atoms with Crippen LogP contribution in [-0.4, -0.2) is 49.6 Å². The summed E-state index contributed by atoms with van der Waals surface area (Å²) in [7, 11) is 0. The lowest BCUT2D eigenvalue weighted by atomic mass is 9.83. The highest BCUT2D eigenvalue weighted by Gasteiger charge is 2.33. The Bertz CT molecular complexity index is 326. The molecule has 0 aliphatic carbocycles. The number of carbonyl (C=O) groups is 1. The summed E-state index contributed by atoms with van der Waals surface area (Å²) in [5.74, 6) is 1.17. The molecular formula is C16H29N3O. The highest BCUT2D eigenvalue weighted by molar-refractivity contribution is 5.78. The van der Waals surface area contributed by atoms with E-state index in [9.17, 15) is 4.79 Å². The number of rotatable bonds is 3. The first kappa shape index (κ1) is 14.3. The zero-order valence-electron chi connectivity index (χ0n) is 12.6. The highest BCUT2D eigenvalue weighted by atomic mass is 16.1. The molecule has 114 valence electrons. The average molecular weight is 279 g/mol. The van der Waals surface area contributed by atoms with Gasteiger partial charge in [0.2, 0.25) is 5.91 Å². The first-order valence-electron chi connectivity index (χ1n) is 8.57. The zero-order valence-corrected chi connectivity index (χ0v) is 12.6. The lowest BCUT2D eigenvalue weighted by Gasteiger charge is -2.44. The summed E-state index contributed by atoms with van der Waals surface area (Å²) in [6.07, 6.45) is 8.87. The minimum Gasteiger partial charge on any atom is -0.355 e. The van der Waals surface area contributed by atoms with E-state index in [0.717, 1.165) is 38.5 Å². The van der Waals surface area contributed by atoms with Crippen LogP contribution in [-0.2, 0) is 4.79 Å². The average Bonchev–Trinajstić information content (AvgIpc) is 2.53. The second kappa shape index (κ2) is 6.90. The van der Waals surface area contributed by atoms with Crippen molar-refractivity contribution in [2.45, 2.75) is 51.0 Å². The summed E-state index contributed by atoms with van der Waals surface area (Å²) in [6.45, 7) is 5.40. The summed E-state index contributed by atoms with van der Waals surface area (Å²) in [5, 5.41) is 6.58. The maximum Gasteiger partial charge on any atom is 0.224 e. The van der Waals surface area contributed by atoms with Gasteiger partial charge in [-0.2, -0.15) is 0 Å². The van der Waals surface area contributed by atoms with Gasteiger partial charge in [0.25, 0.3) is 0 Å². The molecule has 0 aromatic carbocycles. The van der Waals surface area contributed by atoms with Crippen molar-refractivity contribution in [3.8, 4) is 0 Å². The van der Waals surface area contributed by atoms with Gasteiger partial charge in [0, 0.05) is 19.1 Å². The SMILES string of the molecule is O=C(NCC1CCCN2CCCCC12)C1CCCNC1. The molecule has 3 unspecified atom stereocenters. The van der Waals surface area contributed by atoms with Crippen LogP contribution >= 0.6 is 0 Å². The summed E-state index contributed by atoms with van der Waals surface area (Å²) >= 11 is 0. The number of nitrogens with one attached hydrogen (secondary N) is 2. The Morgan fingerprint density at radius 1 is 1.10 bits per heavy atom. The third-order valence-corrected chi connectivity index (χ3v) is 5.43. The highest BCUT2D eigenvalue weighted by Crippen LogP contribution is 2.30. The van der Waals surface area contributed by atoms with Crippen LogP contribution in [0.2, 0.25) is 0 Å². The summed E-state index contributed by atoms with van der Waals surface area (Å²) < 4.78 is 0. The molecule has 4 heteroatoms. The van der Waals surface area contributed by atoms with Crippen LogP contribution in [0.4, 0.5) is 0 Å². The molecule has 4 nitrogen and oxygen atoms in total. The Morgan fingerprint density at radius 2 is 2.00 bits per heavy atom. The van der Waals surface area contributed by atoms with E-state index in [4.69, 9.17) is 0 Å². The quantitative estimate of drug-likeness (QED) is 0.820. The van der Waals surface area contributed by atoms with Crippen molar-refractivity contribution in [1.82, 2.24) is 15.5 Å². The second-order valence-corrected chi connectivity index (χ2v) is 6.79. The molecule has 3 fully saturated rings. The van der Waals surface area contributed by atoms with Gasteiger partial charge in [0.05, 0.1) is 5.92 Å². The van der Waals surface area contributed by atoms with Crippen LogP contribution < -0.4 is 10.6 Å². The van der Waals surface area contributed by atoms with Crippen LogP contribution in [0.1, 0.15) is 44.9 Å². The number of fused-ring (bicyclic) bond motifs is 1. The lowest BCUT2D eigenvalue weighted by Crippen LogP contribution is -2.51. The van der Waals surface area contributed by atoms with E-state index in [-0.39, 0.29) is 11.8 Å². The van der Waals surface area contributed by atoms with Crippen molar-refractivity contribution in [3.63, 3.8) is 0 Å². The number of nitrogens with zero attached hydrogens (tertiary/aromatic N) is 1. The summed E-state index contributed by atoms with van der Waals surface area (Å²) in [4.78, 5) is 14.9. The molecule has 0 aromatic heterocycles. The van der Waals surface area contributed by atoms with E-state index in [1.54, 1.807) is 0 Å². The first-order valence-corrected chi connectivity index (χ1v) is 8.57. The van der Waals surface area contributed by atoms with Crippen molar-refractivity contribution in [3.05, 3.63) is 0 Å². The molecular weight excluding hydrogens is 250 g/mol. The van der Waals surface area contributed by atoms with Crippen LogP contribution in [0.25, 0.3) is 0 Å². The van der Waals surface area contributed by atoms with Gasteiger partial charge in [-0.25, -0.2) is 0 Å². The zero-order chi connectivity index (χ0) is 13.8. The third kappa shape index (κ3) is 3.34. The normalized spacial score (nSPS) is 35.3. The van der Waals surface area contributed by atoms with E-state index in [1.165, 1.54) is 45.2 Å². The van der Waals surface area contributed by atoms with Crippen molar-refractivity contribution in [1.29, 1.82) is 0 Å². The van der Waals surface area contributed by atoms with Gasteiger partial charge in [0.15, 0.2) is 0 Å². The van der Waals surface area contributed by atoms with Gasteiger partial charge in [-0.05, 0) is 64.1 Å². The third-order valence-electron chi connectivity index (χ3n) is 5.43. The molecule has 0 bridgehead atoms. The van der Waals surface area contributed by atoms with Crippen molar-refractivity contribution in [2.24, 2.45) is 11.8 Å². The maximum absolute atomic E-state index is 12.2. The maximum atomic E-state index is 12.2. The van der Waals surface area contributed by atoms with Gasteiger partial charge in [-0.15, -0.1) is 0 Å². The minimum absolute atomic E-state index is 0.204. The molecule has 0 radical (unpaired) electrons. The van der Waals surface area contributed by atoms with E-state index in [0.29, 0.717) is 5.92 Å². The Kier molecular flexibility index (Phi) is 4.94. The Hall–Kier alpha value is -0.610. The molecule has 1 amide bonds. The summed E-state index contributed by atoms with van der Waals surface area (Å²) in [6, 6.07) is 0.738. The van der Waals surface area contributed by atoms with Gasteiger partial charge < -0.3 is 15.5 Å². The van der Waals surface area contributed by atoms with Crippen molar-refractivity contribution < 1.29 is 4.79 Å². The standard InChI is InChI=1S/C16H29N3O/c20-16(14-5-3-8-17-11-14)18-12-13-6-4-10-19-9-2-1-7-15(13)19/h13-15,17H,1-12H2,(H,18,20). The minimum atomic E-state index is 0.204. The second-order valence-electron chi connectivity index (χ2n) is 6.79. The van der Waals surface area contributed by atoms with Gasteiger partial charge in [-0.3, -0.25) is 4.79 Å². The first-order chi connectivity index (χ1) is 9.84. The molecule has 3 aliphatic rings. The summed E-state index contributed by atoms with van der Waals surface area (Å²) in [5.41, 5.74) is 0. The molecule has 3 heterocycles. The van der Waals surface area contributed by atoms with E-state index in [1.807, 2.05) is 0 Å². The van der Waals surface area contributed by atoms with Crippen LogP contribution in [0.3, 0.4) is 0 Å². The molecule has 2 N–H and O–H groups in total. The number of carbonyl (C=O) groups excluding carboxylic acids is 1. The van der Waals surface area contributed by atoms with Crippen LogP contribution in [0, 0.1) is 11.8 Å². The van der Waals surface area contributed by atoms with E-state index < -0.39 is 0 Å². The molecule has 3 rings (SSSR count).